The van der Waals surface area contributed by atoms with Crippen LogP contribution in [-0.2, 0) is 20.7 Å². The van der Waals surface area contributed by atoms with Crippen molar-refractivity contribution in [3.8, 4) is 17.8 Å². The highest BCUT2D eigenvalue weighted by Crippen LogP contribution is 2.36. The minimum absolute atomic E-state index is 0.0469. The molecule has 1 saturated heterocycles. The molecule has 1 heterocycles. The van der Waals surface area contributed by atoms with E-state index in [0.717, 1.165) is 5.56 Å². The van der Waals surface area contributed by atoms with Crippen molar-refractivity contribution in [2.24, 2.45) is 0 Å². The van der Waals surface area contributed by atoms with E-state index in [2.05, 4.69) is 11.2 Å². The third-order valence-electron chi connectivity index (χ3n) is 4.94. The van der Waals surface area contributed by atoms with Crippen LogP contribution >= 0.6 is 0 Å². The number of carbonyl (C=O) groups excluding carboxylic acids is 1. The van der Waals surface area contributed by atoms with Crippen molar-refractivity contribution in [1.82, 2.24) is 5.32 Å². The zero-order chi connectivity index (χ0) is 21.7. The van der Waals surface area contributed by atoms with Crippen LogP contribution in [-0.4, -0.2) is 44.5 Å². The fourth-order valence-corrected chi connectivity index (χ4v) is 3.25. The largest absolute Gasteiger partial charge is 0.508 e. The number of aromatic hydroxyl groups is 1. The normalized spacial score (nSPS) is 21.3. The first-order chi connectivity index (χ1) is 14.3. The Morgan fingerprint density at radius 1 is 1.17 bits per heavy atom. The van der Waals surface area contributed by atoms with Crippen molar-refractivity contribution in [2.45, 2.75) is 30.6 Å². The molecule has 1 aliphatic heterocycles. The molecule has 5 N–H and O–H groups in total. The molecular formula is C22H21NO7. The van der Waals surface area contributed by atoms with E-state index in [1.165, 1.54) is 12.1 Å². The van der Waals surface area contributed by atoms with Gasteiger partial charge in [0.1, 0.15) is 11.9 Å². The number of ether oxygens (including phenoxy) is 1. The molecule has 3 atom stereocenters. The number of rotatable bonds is 6. The van der Waals surface area contributed by atoms with Gasteiger partial charge >= 0.3 is 5.97 Å². The molecule has 0 unspecified atom stereocenters. The van der Waals surface area contributed by atoms with Crippen LogP contribution in [0.15, 0.2) is 48.5 Å². The fourth-order valence-electron chi connectivity index (χ4n) is 3.25. The highest BCUT2D eigenvalue weighted by atomic mass is 16.5. The van der Waals surface area contributed by atoms with E-state index in [1.807, 2.05) is 0 Å². The maximum Gasteiger partial charge on any atom is 0.330 e. The average Bonchev–Trinajstić information content (AvgIpc) is 3.14. The molecule has 1 amide bonds. The molecule has 30 heavy (non-hydrogen) atoms. The van der Waals surface area contributed by atoms with Crippen molar-refractivity contribution in [2.75, 3.05) is 6.61 Å². The number of carboxylic acids is 1. The molecule has 0 radical (unpaired) electrons. The quantitative estimate of drug-likeness (QED) is 0.453. The van der Waals surface area contributed by atoms with E-state index >= 15 is 0 Å². The summed E-state index contributed by atoms with van der Waals surface area (Å²) in [7, 11) is 0. The van der Waals surface area contributed by atoms with Gasteiger partial charge in [-0.1, -0.05) is 42.3 Å². The molecule has 2 aromatic carbocycles. The summed E-state index contributed by atoms with van der Waals surface area (Å²) in [4.78, 5) is 24.4. The van der Waals surface area contributed by atoms with E-state index in [-0.39, 0.29) is 18.8 Å². The predicted molar refractivity (Wildman–Crippen MR) is 105 cm³/mol. The van der Waals surface area contributed by atoms with Crippen molar-refractivity contribution in [3.05, 3.63) is 65.2 Å². The van der Waals surface area contributed by atoms with E-state index in [0.29, 0.717) is 17.5 Å². The molecule has 0 bridgehead atoms. The van der Waals surface area contributed by atoms with Crippen molar-refractivity contribution in [1.29, 1.82) is 0 Å². The topological polar surface area (TPSA) is 136 Å². The average molecular weight is 411 g/mol. The zero-order valence-corrected chi connectivity index (χ0v) is 15.9. The number of hydrogen-bond acceptors (Lipinski definition) is 6. The first-order valence-corrected chi connectivity index (χ1v) is 9.20. The SMILES string of the molecule is O=C(O)[C@@H](NC(=O)[C@]1(O)CO[C@@H](c2ccc(O)cc2)C1)c1ccc(CC#CO)cc1. The maximum absolute atomic E-state index is 12.7. The van der Waals surface area contributed by atoms with Crippen molar-refractivity contribution >= 4 is 11.9 Å². The molecule has 0 saturated carbocycles. The summed E-state index contributed by atoms with van der Waals surface area (Å²) in [6.45, 7) is -0.282. The van der Waals surface area contributed by atoms with Crippen LogP contribution < -0.4 is 5.32 Å². The Morgan fingerprint density at radius 2 is 1.83 bits per heavy atom. The van der Waals surface area contributed by atoms with Crippen LogP contribution in [0.2, 0.25) is 0 Å². The Hall–Kier alpha value is -3.54. The molecule has 1 aliphatic rings. The number of carbonyl (C=O) groups is 2. The Labute approximate surface area is 172 Å². The van der Waals surface area contributed by atoms with Crippen LogP contribution in [0.1, 0.15) is 35.3 Å². The number of aliphatic carboxylic acids is 1. The lowest BCUT2D eigenvalue weighted by molar-refractivity contribution is -0.147. The standard InChI is InChI=1S/C22H21NO7/c24-11-1-2-14-3-5-16(6-4-14)19(20(26)27)23-21(28)22(29)12-18(30-13-22)15-7-9-17(25)10-8-15/h3-10,18-19,24-25,29H,2,12-13H2,(H,23,28)(H,26,27)/t18-,19+,22-/m1/s1. The van der Waals surface area contributed by atoms with Gasteiger partial charge in [0.15, 0.2) is 11.6 Å². The summed E-state index contributed by atoms with van der Waals surface area (Å²) in [5, 5.41) is 40.6. The van der Waals surface area contributed by atoms with Gasteiger partial charge in [-0.2, -0.15) is 0 Å². The predicted octanol–water partition coefficient (Wildman–Crippen LogP) is 1.40. The van der Waals surface area contributed by atoms with Crippen LogP contribution in [0.5, 0.6) is 5.75 Å². The van der Waals surface area contributed by atoms with Crippen LogP contribution in [0.25, 0.3) is 0 Å². The van der Waals surface area contributed by atoms with Crippen molar-refractivity contribution < 1.29 is 34.8 Å². The number of aliphatic hydroxyl groups is 2. The molecule has 8 heteroatoms. The molecule has 0 spiro atoms. The summed E-state index contributed by atoms with van der Waals surface area (Å²) >= 11 is 0. The van der Waals surface area contributed by atoms with E-state index in [9.17, 15) is 24.9 Å². The van der Waals surface area contributed by atoms with Gasteiger partial charge in [0.2, 0.25) is 0 Å². The zero-order valence-electron chi connectivity index (χ0n) is 15.9. The maximum atomic E-state index is 12.7. The van der Waals surface area contributed by atoms with Gasteiger partial charge < -0.3 is 30.5 Å². The van der Waals surface area contributed by atoms with Gasteiger partial charge in [-0.15, -0.1) is 0 Å². The highest BCUT2D eigenvalue weighted by molar-refractivity contribution is 5.90. The Bertz CT molecular complexity index is 975. The second-order valence-electron chi connectivity index (χ2n) is 7.08. The summed E-state index contributed by atoms with van der Waals surface area (Å²) < 4.78 is 5.54. The molecule has 0 aromatic heterocycles. The number of nitrogens with one attached hydrogen (secondary N) is 1. The molecule has 8 nitrogen and oxygen atoms in total. The number of phenols is 1. The molecule has 156 valence electrons. The molecule has 0 aliphatic carbocycles. The van der Waals surface area contributed by atoms with Crippen LogP contribution in [0, 0.1) is 12.0 Å². The third-order valence-corrected chi connectivity index (χ3v) is 4.94. The minimum Gasteiger partial charge on any atom is -0.508 e. The van der Waals surface area contributed by atoms with Crippen LogP contribution in [0.3, 0.4) is 0 Å². The van der Waals surface area contributed by atoms with E-state index in [1.54, 1.807) is 42.5 Å². The summed E-state index contributed by atoms with van der Waals surface area (Å²) in [6.07, 6.45) is 1.49. The van der Waals surface area contributed by atoms with Gasteiger partial charge in [-0.05, 0) is 28.8 Å². The van der Waals surface area contributed by atoms with E-state index in [4.69, 9.17) is 9.84 Å². The Morgan fingerprint density at radius 3 is 2.43 bits per heavy atom. The minimum atomic E-state index is -1.88. The van der Waals surface area contributed by atoms with Crippen molar-refractivity contribution in [3.63, 3.8) is 0 Å². The summed E-state index contributed by atoms with van der Waals surface area (Å²) in [5.74, 6) is 0.461. The number of carboxylic acid groups (broad SMARTS) is 1. The lowest BCUT2D eigenvalue weighted by atomic mass is 9.94. The van der Waals surface area contributed by atoms with Crippen LogP contribution in [0.4, 0.5) is 0 Å². The molecule has 1 fully saturated rings. The smallest absolute Gasteiger partial charge is 0.330 e. The molecular weight excluding hydrogens is 390 g/mol. The second kappa shape index (κ2) is 8.86. The number of aliphatic hydroxyl groups excluding tert-OH is 1. The van der Waals surface area contributed by atoms with E-state index < -0.39 is 29.6 Å². The Kier molecular flexibility index (Phi) is 6.26. The number of amides is 1. The van der Waals surface area contributed by atoms with Gasteiger partial charge in [0.25, 0.3) is 5.91 Å². The summed E-state index contributed by atoms with van der Waals surface area (Å²) in [5.41, 5.74) is -0.0928. The monoisotopic (exact) mass is 411 g/mol. The number of phenolic OH excluding ortho intramolecular Hbond substituents is 1. The van der Waals surface area contributed by atoms with Gasteiger partial charge in [-0.3, -0.25) is 4.79 Å². The molecule has 3 rings (SSSR count). The highest BCUT2D eigenvalue weighted by Gasteiger charge is 2.46. The lowest BCUT2D eigenvalue weighted by Gasteiger charge is -2.23. The van der Waals surface area contributed by atoms with Gasteiger partial charge in [0.05, 0.1) is 12.7 Å². The lowest BCUT2D eigenvalue weighted by Crippen LogP contribution is -2.49. The summed E-state index contributed by atoms with van der Waals surface area (Å²) in [6, 6.07) is 11.3. The number of benzene rings is 2. The van der Waals surface area contributed by atoms with Gasteiger partial charge in [-0.25, -0.2) is 4.79 Å². The Balaban J connectivity index is 1.70. The third kappa shape index (κ3) is 4.71. The first-order valence-electron chi connectivity index (χ1n) is 9.20. The number of hydrogen-bond donors (Lipinski definition) is 5. The first kappa shape index (κ1) is 21.2. The van der Waals surface area contributed by atoms with Gasteiger partial charge in [0, 0.05) is 12.8 Å². The second-order valence-corrected chi connectivity index (χ2v) is 7.08. The molecule has 2 aromatic rings. The fraction of sp³-hybridized carbons (Fsp3) is 0.273.